The van der Waals surface area contributed by atoms with Crippen LogP contribution in [0.25, 0.3) is 0 Å². The Kier molecular flexibility index (Phi) is 4.15. The van der Waals surface area contributed by atoms with Crippen molar-refractivity contribution in [3.63, 3.8) is 0 Å². The van der Waals surface area contributed by atoms with E-state index in [1.165, 1.54) is 6.07 Å². The number of ether oxygens (including phenoxy) is 2. The molecule has 0 aliphatic rings. The van der Waals surface area contributed by atoms with E-state index in [4.69, 9.17) is 5.26 Å². The largest absolute Gasteiger partial charge is 0.484 e. The average Bonchev–Trinajstić information content (AvgIpc) is 2.34. The molecule has 0 amide bonds. The number of carbonyl (C=O) groups excluding carboxylic acids is 1. The van der Waals surface area contributed by atoms with Gasteiger partial charge in [-0.25, -0.2) is 4.79 Å². The van der Waals surface area contributed by atoms with E-state index in [1.807, 2.05) is 0 Å². The molecule has 0 saturated heterocycles. The number of esters is 1. The van der Waals surface area contributed by atoms with Crippen LogP contribution in [0.3, 0.4) is 0 Å². The molecule has 0 fully saturated rings. The average molecular weight is 259 g/mol. The number of nitriles is 1. The van der Waals surface area contributed by atoms with E-state index in [0.717, 1.165) is 19.2 Å². The van der Waals surface area contributed by atoms with Gasteiger partial charge in [0.25, 0.3) is 0 Å². The molecule has 0 heterocycles. The lowest BCUT2D eigenvalue weighted by molar-refractivity contribution is -0.153. The molecular weight excluding hydrogens is 251 g/mol. The lowest BCUT2D eigenvalue weighted by Crippen LogP contribution is -2.19. The first-order valence-corrected chi connectivity index (χ1v) is 4.69. The van der Waals surface area contributed by atoms with Crippen molar-refractivity contribution in [2.75, 3.05) is 13.7 Å². The predicted molar refractivity (Wildman–Crippen MR) is 54.0 cm³/mol. The van der Waals surface area contributed by atoms with Gasteiger partial charge in [0.2, 0.25) is 0 Å². The Bertz CT molecular complexity index is 491. The summed E-state index contributed by atoms with van der Waals surface area (Å²) in [7, 11) is 1.12. The molecule has 1 aromatic rings. The molecule has 0 N–H and O–H groups in total. The topological polar surface area (TPSA) is 59.3 Å². The molecule has 4 nitrogen and oxygen atoms in total. The van der Waals surface area contributed by atoms with Crippen LogP contribution in [0.15, 0.2) is 18.2 Å². The zero-order chi connectivity index (χ0) is 13.8. The number of hydrogen-bond donors (Lipinski definition) is 0. The summed E-state index contributed by atoms with van der Waals surface area (Å²) in [6.07, 6.45) is -4.49. The van der Waals surface area contributed by atoms with E-state index in [0.29, 0.717) is 0 Å². The number of nitrogens with zero attached hydrogens (tertiary/aromatic N) is 1. The van der Waals surface area contributed by atoms with Crippen LogP contribution >= 0.6 is 0 Å². The Hall–Kier alpha value is -2.23. The SMILES string of the molecule is COC(=O)c1cc(C#N)cc(OCC(F)(F)F)c1. The maximum Gasteiger partial charge on any atom is 0.422 e. The third-order valence-electron chi connectivity index (χ3n) is 1.86. The summed E-state index contributed by atoms with van der Waals surface area (Å²) in [6.45, 7) is -1.50. The molecule has 0 atom stereocenters. The summed E-state index contributed by atoms with van der Waals surface area (Å²) in [4.78, 5) is 11.2. The van der Waals surface area contributed by atoms with Gasteiger partial charge in [-0.15, -0.1) is 0 Å². The second-order valence-corrected chi connectivity index (χ2v) is 3.25. The molecule has 1 aromatic carbocycles. The van der Waals surface area contributed by atoms with E-state index in [9.17, 15) is 18.0 Å². The first-order chi connectivity index (χ1) is 8.35. The molecule has 96 valence electrons. The first-order valence-electron chi connectivity index (χ1n) is 4.69. The molecular formula is C11H8F3NO3. The number of rotatable bonds is 3. The molecule has 0 radical (unpaired) electrons. The number of hydrogen-bond acceptors (Lipinski definition) is 4. The van der Waals surface area contributed by atoms with E-state index in [-0.39, 0.29) is 16.9 Å². The zero-order valence-electron chi connectivity index (χ0n) is 9.25. The third kappa shape index (κ3) is 3.97. The highest BCUT2D eigenvalue weighted by Crippen LogP contribution is 2.21. The minimum Gasteiger partial charge on any atom is -0.484 e. The number of benzene rings is 1. The van der Waals surface area contributed by atoms with E-state index in [1.54, 1.807) is 6.07 Å². The highest BCUT2D eigenvalue weighted by molar-refractivity contribution is 5.90. The fourth-order valence-electron chi connectivity index (χ4n) is 1.15. The van der Waals surface area contributed by atoms with Gasteiger partial charge in [-0.2, -0.15) is 18.4 Å². The normalized spacial score (nSPS) is 10.6. The molecule has 0 aliphatic carbocycles. The van der Waals surface area contributed by atoms with Crippen LogP contribution in [0.2, 0.25) is 0 Å². The van der Waals surface area contributed by atoms with Gasteiger partial charge in [0.15, 0.2) is 6.61 Å². The van der Waals surface area contributed by atoms with E-state index in [2.05, 4.69) is 9.47 Å². The van der Waals surface area contributed by atoms with Crippen molar-refractivity contribution in [1.29, 1.82) is 5.26 Å². The Morgan fingerprint density at radius 1 is 1.39 bits per heavy atom. The molecule has 0 saturated carbocycles. The molecule has 1 rings (SSSR count). The predicted octanol–water partition coefficient (Wildman–Crippen LogP) is 2.29. The molecule has 0 aromatic heterocycles. The van der Waals surface area contributed by atoms with Crippen molar-refractivity contribution >= 4 is 5.97 Å². The lowest BCUT2D eigenvalue weighted by Gasteiger charge is -2.10. The van der Waals surface area contributed by atoms with Crippen LogP contribution in [-0.2, 0) is 4.74 Å². The van der Waals surface area contributed by atoms with Crippen molar-refractivity contribution in [3.05, 3.63) is 29.3 Å². The number of alkyl halides is 3. The van der Waals surface area contributed by atoms with Gasteiger partial charge in [0.1, 0.15) is 5.75 Å². The molecule has 0 bridgehead atoms. The molecule has 0 spiro atoms. The molecule has 0 unspecified atom stereocenters. The van der Waals surface area contributed by atoms with E-state index < -0.39 is 18.8 Å². The summed E-state index contributed by atoms with van der Waals surface area (Å²) in [5.74, 6) is -0.976. The Morgan fingerprint density at radius 2 is 2.06 bits per heavy atom. The van der Waals surface area contributed by atoms with Crippen molar-refractivity contribution in [1.82, 2.24) is 0 Å². The van der Waals surface area contributed by atoms with Crippen molar-refractivity contribution in [2.24, 2.45) is 0 Å². The summed E-state index contributed by atoms with van der Waals surface area (Å²) in [5.41, 5.74) is -0.0381. The molecule has 18 heavy (non-hydrogen) atoms. The first kappa shape index (κ1) is 13.8. The monoisotopic (exact) mass is 259 g/mol. The summed E-state index contributed by atoms with van der Waals surface area (Å²) in [5, 5.41) is 8.69. The smallest absolute Gasteiger partial charge is 0.422 e. The minimum atomic E-state index is -4.49. The number of methoxy groups -OCH3 is 1. The zero-order valence-corrected chi connectivity index (χ0v) is 9.25. The fourth-order valence-corrected chi connectivity index (χ4v) is 1.15. The van der Waals surface area contributed by atoms with Crippen LogP contribution < -0.4 is 4.74 Å². The van der Waals surface area contributed by atoms with Crippen molar-refractivity contribution < 1.29 is 27.4 Å². The number of carbonyl (C=O) groups is 1. The van der Waals surface area contributed by atoms with Gasteiger partial charge in [-0.1, -0.05) is 0 Å². The molecule has 7 heteroatoms. The summed E-state index contributed by atoms with van der Waals surface area (Å²) >= 11 is 0. The highest BCUT2D eigenvalue weighted by Gasteiger charge is 2.28. The van der Waals surface area contributed by atoms with Crippen LogP contribution in [0.5, 0.6) is 5.75 Å². The van der Waals surface area contributed by atoms with Crippen LogP contribution in [0.1, 0.15) is 15.9 Å². The fraction of sp³-hybridized carbons (Fsp3) is 0.273. The minimum absolute atomic E-state index is 0.00933. The quantitative estimate of drug-likeness (QED) is 0.781. The third-order valence-corrected chi connectivity index (χ3v) is 1.86. The lowest BCUT2D eigenvalue weighted by atomic mass is 10.1. The van der Waals surface area contributed by atoms with Gasteiger partial charge < -0.3 is 9.47 Å². The van der Waals surface area contributed by atoms with Crippen LogP contribution in [0, 0.1) is 11.3 Å². The summed E-state index contributed by atoms with van der Waals surface area (Å²) < 4.78 is 44.8. The Labute approximate surface area is 101 Å². The molecule has 0 aliphatic heterocycles. The second-order valence-electron chi connectivity index (χ2n) is 3.25. The van der Waals surface area contributed by atoms with Crippen LogP contribution in [-0.4, -0.2) is 25.9 Å². The van der Waals surface area contributed by atoms with Gasteiger partial charge in [0.05, 0.1) is 24.3 Å². The summed E-state index contributed by atoms with van der Waals surface area (Å²) in [6, 6.07) is 5.11. The maximum absolute atomic E-state index is 12.0. The van der Waals surface area contributed by atoms with Gasteiger partial charge >= 0.3 is 12.1 Å². The Morgan fingerprint density at radius 3 is 2.56 bits per heavy atom. The van der Waals surface area contributed by atoms with Crippen molar-refractivity contribution in [3.8, 4) is 11.8 Å². The van der Waals surface area contributed by atoms with E-state index >= 15 is 0 Å². The van der Waals surface area contributed by atoms with Crippen molar-refractivity contribution in [2.45, 2.75) is 6.18 Å². The maximum atomic E-state index is 12.0. The number of halogens is 3. The van der Waals surface area contributed by atoms with Gasteiger partial charge in [-0.05, 0) is 18.2 Å². The highest BCUT2D eigenvalue weighted by atomic mass is 19.4. The second kappa shape index (κ2) is 5.40. The Balaban J connectivity index is 2.98. The van der Waals surface area contributed by atoms with Crippen LogP contribution in [0.4, 0.5) is 13.2 Å². The standard InChI is InChI=1S/C11H8F3NO3/c1-17-10(16)8-2-7(5-15)3-9(4-8)18-6-11(12,13)14/h2-4H,6H2,1H3. The van der Waals surface area contributed by atoms with Gasteiger partial charge in [0, 0.05) is 0 Å². The van der Waals surface area contributed by atoms with Gasteiger partial charge in [-0.3, -0.25) is 0 Å².